The summed E-state index contributed by atoms with van der Waals surface area (Å²) in [6.45, 7) is 11.4. The Morgan fingerprint density at radius 2 is 2.04 bits per heavy atom. The molecule has 0 fully saturated rings. The second kappa shape index (κ2) is 8.25. The molecule has 0 aliphatic carbocycles. The van der Waals surface area contributed by atoms with Crippen molar-refractivity contribution in [2.75, 3.05) is 0 Å². The summed E-state index contributed by atoms with van der Waals surface area (Å²) in [4.78, 5) is 12.0. The highest BCUT2D eigenvalue weighted by molar-refractivity contribution is 6.45. The molecule has 1 aromatic rings. The molecule has 6 heteroatoms. The standard InChI is InChI=1S/C17H27BNO4/c1-7-11(2)15(19-16(20)23-17(4,5)6)22-14-10-13(18-21)9-8-12(14)3/h8-11,15,21H,7H2,1-6H3,(H,19,20). The van der Waals surface area contributed by atoms with E-state index >= 15 is 0 Å². The van der Waals surface area contributed by atoms with Crippen molar-refractivity contribution in [2.45, 2.75) is 59.8 Å². The number of carbonyl (C=O) groups is 1. The second-order valence-electron chi connectivity index (χ2n) is 6.72. The highest BCUT2D eigenvalue weighted by atomic mass is 16.6. The van der Waals surface area contributed by atoms with E-state index in [0.29, 0.717) is 11.2 Å². The number of alkyl carbamates (subject to hydrolysis) is 1. The van der Waals surface area contributed by atoms with Gasteiger partial charge in [0.25, 0.3) is 0 Å². The number of aryl methyl sites for hydroxylation is 1. The predicted octanol–water partition coefficient (Wildman–Crippen LogP) is 2.51. The predicted molar refractivity (Wildman–Crippen MR) is 92.0 cm³/mol. The van der Waals surface area contributed by atoms with Crippen molar-refractivity contribution >= 4 is 19.0 Å². The van der Waals surface area contributed by atoms with Crippen LogP contribution >= 0.6 is 0 Å². The molecule has 5 nitrogen and oxygen atoms in total. The number of carbonyl (C=O) groups excluding carboxylic acids is 1. The molecule has 2 N–H and O–H groups in total. The Bertz CT molecular complexity index is 528. The van der Waals surface area contributed by atoms with Crippen LogP contribution < -0.4 is 15.5 Å². The van der Waals surface area contributed by atoms with E-state index in [9.17, 15) is 4.79 Å². The van der Waals surface area contributed by atoms with E-state index in [1.165, 1.54) is 0 Å². The van der Waals surface area contributed by atoms with Gasteiger partial charge in [-0.25, -0.2) is 4.79 Å². The van der Waals surface area contributed by atoms with Crippen molar-refractivity contribution in [2.24, 2.45) is 5.92 Å². The molecule has 23 heavy (non-hydrogen) atoms. The molecule has 0 aliphatic heterocycles. The summed E-state index contributed by atoms with van der Waals surface area (Å²) >= 11 is 0. The lowest BCUT2D eigenvalue weighted by Gasteiger charge is -2.28. The number of benzene rings is 1. The second-order valence-corrected chi connectivity index (χ2v) is 6.72. The van der Waals surface area contributed by atoms with E-state index in [2.05, 4.69) is 5.32 Å². The monoisotopic (exact) mass is 320 g/mol. The van der Waals surface area contributed by atoms with Crippen molar-refractivity contribution in [3.63, 3.8) is 0 Å². The smallest absolute Gasteiger partial charge is 0.410 e. The normalized spacial score (nSPS) is 13.9. The van der Waals surface area contributed by atoms with Crippen molar-refractivity contribution in [3.05, 3.63) is 23.8 Å². The van der Waals surface area contributed by atoms with Crippen LogP contribution in [0.5, 0.6) is 5.75 Å². The van der Waals surface area contributed by atoms with Crippen LogP contribution in [0, 0.1) is 12.8 Å². The van der Waals surface area contributed by atoms with Gasteiger partial charge in [-0.15, -0.1) is 0 Å². The van der Waals surface area contributed by atoms with E-state index in [-0.39, 0.29) is 5.92 Å². The molecule has 1 aromatic carbocycles. The first-order valence-electron chi connectivity index (χ1n) is 7.90. The molecule has 1 amide bonds. The van der Waals surface area contributed by atoms with Gasteiger partial charge in [0.1, 0.15) is 11.4 Å². The van der Waals surface area contributed by atoms with Crippen molar-refractivity contribution < 1.29 is 19.3 Å². The van der Waals surface area contributed by atoms with Crippen molar-refractivity contribution in [1.29, 1.82) is 0 Å². The summed E-state index contributed by atoms with van der Waals surface area (Å²) in [7, 11) is 1.02. The first kappa shape index (κ1) is 19.4. The minimum Gasteiger partial charge on any atom is -0.470 e. The van der Waals surface area contributed by atoms with E-state index in [4.69, 9.17) is 14.5 Å². The summed E-state index contributed by atoms with van der Waals surface area (Å²) in [5.74, 6) is 0.720. The van der Waals surface area contributed by atoms with Crippen LogP contribution in [0.4, 0.5) is 4.79 Å². The lowest BCUT2D eigenvalue weighted by atomic mass is 9.88. The molecule has 1 rings (SSSR count). The zero-order valence-electron chi connectivity index (χ0n) is 14.8. The quantitative estimate of drug-likeness (QED) is 0.624. The molecule has 1 radical (unpaired) electrons. The number of hydrogen-bond acceptors (Lipinski definition) is 4. The number of rotatable bonds is 6. The van der Waals surface area contributed by atoms with Crippen LogP contribution in [0.25, 0.3) is 0 Å². The minimum absolute atomic E-state index is 0.101. The Hall–Kier alpha value is -1.69. The van der Waals surface area contributed by atoms with Crippen LogP contribution in [-0.4, -0.2) is 30.4 Å². The molecular weight excluding hydrogens is 293 g/mol. The molecule has 0 bridgehead atoms. The van der Waals surface area contributed by atoms with Gasteiger partial charge in [0, 0.05) is 5.92 Å². The molecule has 0 spiro atoms. The number of nitrogens with one attached hydrogen (secondary N) is 1. The van der Waals surface area contributed by atoms with E-state index in [1.54, 1.807) is 12.1 Å². The van der Waals surface area contributed by atoms with E-state index in [0.717, 1.165) is 19.5 Å². The molecule has 0 saturated carbocycles. The third-order valence-electron chi connectivity index (χ3n) is 3.43. The Kier molecular flexibility index (Phi) is 6.94. The Morgan fingerprint density at radius 1 is 1.39 bits per heavy atom. The maximum absolute atomic E-state index is 12.0. The fourth-order valence-corrected chi connectivity index (χ4v) is 1.89. The summed E-state index contributed by atoms with van der Waals surface area (Å²) < 4.78 is 11.3. The van der Waals surface area contributed by atoms with Gasteiger partial charge in [0.2, 0.25) is 0 Å². The zero-order chi connectivity index (χ0) is 17.6. The average Bonchev–Trinajstić information content (AvgIpc) is 2.45. The zero-order valence-corrected chi connectivity index (χ0v) is 14.8. The topological polar surface area (TPSA) is 67.8 Å². The van der Waals surface area contributed by atoms with Crippen LogP contribution in [0.2, 0.25) is 0 Å². The van der Waals surface area contributed by atoms with Gasteiger partial charge in [-0.3, -0.25) is 5.32 Å². The Balaban J connectivity index is 2.89. The van der Waals surface area contributed by atoms with E-state index < -0.39 is 17.9 Å². The van der Waals surface area contributed by atoms with Gasteiger partial charge in [-0.2, -0.15) is 0 Å². The molecule has 127 valence electrons. The maximum atomic E-state index is 12.0. The van der Waals surface area contributed by atoms with Crippen molar-refractivity contribution in [3.8, 4) is 5.75 Å². The SMILES string of the molecule is CCC(C)C(NC(=O)OC(C)(C)C)Oc1cc([B]O)ccc1C. The molecule has 2 atom stereocenters. The van der Waals surface area contributed by atoms with Crippen LogP contribution in [0.15, 0.2) is 18.2 Å². The summed E-state index contributed by atoms with van der Waals surface area (Å²) in [6.07, 6.45) is -0.182. The van der Waals surface area contributed by atoms with Gasteiger partial charge in [0.15, 0.2) is 6.23 Å². The van der Waals surface area contributed by atoms with Gasteiger partial charge in [0.05, 0.1) is 0 Å². The molecule has 0 heterocycles. The number of ether oxygens (including phenoxy) is 2. The fourth-order valence-electron chi connectivity index (χ4n) is 1.89. The van der Waals surface area contributed by atoms with Crippen LogP contribution in [0.3, 0.4) is 0 Å². The maximum Gasteiger partial charge on any atom is 0.410 e. The third-order valence-corrected chi connectivity index (χ3v) is 3.43. The van der Waals surface area contributed by atoms with E-state index in [1.807, 2.05) is 47.6 Å². The minimum atomic E-state index is -0.564. The first-order valence-corrected chi connectivity index (χ1v) is 7.90. The lowest BCUT2D eigenvalue weighted by Crippen LogP contribution is -2.45. The highest BCUT2D eigenvalue weighted by Crippen LogP contribution is 2.20. The first-order chi connectivity index (χ1) is 10.7. The summed E-state index contributed by atoms with van der Waals surface area (Å²) in [6, 6.07) is 5.39. The lowest BCUT2D eigenvalue weighted by molar-refractivity contribution is 0.0305. The van der Waals surface area contributed by atoms with Gasteiger partial charge in [-0.1, -0.05) is 31.4 Å². The number of amides is 1. The van der Waals surface area contributed by atoms with Crippen LogP contribution in [0.1, 0.15) is 46.6 Å². The fraction of sp³-hybridized carbons (Fsp3) is 0.588. The average molecular weight is 320 g/mol. The Morgan fingerprint density at radius 3 is 2.57 bits per heavy atom. The Labute approximate surface area is 139 Å². The molecule has 2 unspecified atom stereocenters. The van der Waals surface area contributed by atoms with Crippen LogP contribution in [-0.2, 0) is 4.74 Å². The molecular formula is C17H27BNO4. The number of hydrogen-bond donors (Lipinski definition) is 2. The summed E-state index contributed by atoms with van der Waals surface area (Å²) in [5.41, 5.74) is 1.01. The molecule has 0 aliphatic rings. The van der Waals surface area contributed by atoms with Gasteiger partial charge < -0.3 is 14.5 Å². The largest absolute Gasteiger partial charge is 0.470 e. The summed E-state index contributed by atoms with van der Waals surface area (Å²) in [5, 5.41) is 11.9. The van der Waals surface area contributed by atoms with Crippen molar-refractivity contribution in [1.82, 2.24) is 5.32 Å². The highest BCUT2D eigenvalue weighted by Gasteiger charge is 2.24. The molecule has 0 aromatic heterocycles. The third kappa shape index (κ3) is 6.53. The van der Waals surface area contributed by atoms with Gasteiger partial charge in [-0.05, 0) is 45.7 Å². The van der Waals surface area contributed by atoms with Gasteiger partial charge >= 0.3 is 13.6 Å². The molecule has 0 saturated heterocycles.